The Morgan fingerprint density at radius 2 is 1.47 bits per heavy atom. The molecule has 1 fully saturated rings. The van der Waals surface area contributed by atoms with Gasteiger partial charge in [-0.2, -0.15) is 35.2 Å². The number of alkyl halides is 1. The van der Waals surface area contributed by atoms with Crippen LogP contribution < -0.4 is 0 Å². The molecule has 1 aliphatic rings. The Bertz CT molecular complexity index is 154. The van der Waals surface area contributed by atoms with Crippen LogP contribution in [0.3, 0.4) is 0 Å². The van der Waals surface area contributed by atoms with Gasteiger partial charge in [-0.15, -0.1) is 0 Å². The summed E-state index contributed by atoms with van der Waals surface area (Å²) < 4.78 is 0.944. The van der Waals surface area contributed by atoms with Gasteiger partial charge in [0, 0.05) is 3.92 Å². The summed E-state index contributed by atoms with van der Waals surface area (Å²) in [6.45, 7) is 2.29. The first-order valence-corrected chi connectivity index (χ1v) is 9.15. The Balaban J connectivity index is -0.000000122. The van der Waals surface area contributed by atoms with E-state index in [9.17, 15) is 0 Å². The van der Waals surface area contributed by atoms with Crippen LogP contribution in [0.15, 0.2) is 0 Å². The van der Waals surface area contributed by atoms with E-state index in [1.165, 1.54) is 25.4 Å². The van der Waals surface area contributed by atoms with E-state index in [0.717, 1.165) is 9.84 Å². The van der Waals surface area contributed by atoms with Crippen LogP contribution in [-0.2, 0) is 26.2 Å². The molecule has 0 heterocycles. The second-order valence-corrected chi connectivity index (χ2v) is 7.82. The molecule has 1 aliphatic carbocycles. The van der Waals surface area contributed by atoms with Gasteiger partial charge < -0.3 is 23.1 Å². The van der Waals surface area contributed by atoms with Gasteiger partial charge in [0.15, 0.2) is 0 Å². The molecule has 3 atom stereocenters. The monoisotopic (exact) mass is 477 g/mol. The van der Waals surface area contributed by atoms with Crippen LogP contribution in [0.1, 0.15) is 19.3 Å². The maximum atomic E-state index is 4.35. The smallest absolute Gasteiger partial charge is 0.668 e. The molecule has 1 saturated carbocycles. The van der Waals surface area contributed by atoms with Crippen molar-refractivity contribution in [2.75, 3.05) is 48.1 Å². The van der Waals surface area contributed by atoms with E-state index >= 15 is 0 Å². The SMILES string of the molecule is C[N-]C.C[N-]C.C[N-]P(C)C[C@@H]1CCCC1I.[CH3-].[Zr+4]. The fourth-order valence-electron chi connectivity index (χ4n) is 1.62. The van der Waals surface area contributed by atoms with E-state index in [4.69, 9.17) is 0 Å². The Kier molecular flexibility index (Phi) is 33.9. The molecule has 114 valence electrons. The summed E-state index contributed by atoms with van der Waals surface area (Å²) in [6, 6.07) is 0. The van der Waals surface area contributed by atoms with Crippen molar-refractivity contribution in [3.63, 3.8) is 0 Å². The van der Waals surface area contributed by atoms with Crippen LogP contribution in [0.25, 0.3) is 15.7 Å². The molecule has 2 unspecified atom stereocenters. The molecule has 0 aromatic rings. The molecule has 0 saturated heterocycles. The fourth-order valence-corrected chi connectivity index (χ4v) is 4.35. The summed E-state index contributed by atoms with van der Waals surface area (Å²) in [4.78, 5) is 0. The third-order valence-electron chi connectivity index (χ3n) is 2.41. The van der Waals surface area contributed by atoms with Gasteiger partial charge in [0.2, 0.25) is 0 Å². The number of rotatable bonds is 3. The summed E-state index contributed by atoms with van der Waals surface area (Å²) >= 11 is 2.61. The van der Waals surface area contributed by atoms with Crippen molar-refractivity contribution < 1.29 is 26.2 Å². The molecule has 0 aromatic carbocycles. The molecule has 0 spiro atoms. The second-order valence-electron chi connectivity index (χ2n) is 4.14. The number of hydrogen-bond acceptors (Lipinski definition) is 0. The van der Waals surface area contributed by atoms with E-state index < -0.39 is 0 Å². The molecule has 6 heteroatoms. The van der Waals surface area contributed by atoms with Crippen LogP contribution in [0.2, 0.25) is 0 Å². The molecule has 0 N–H and O–H groups in total. The predicted octanol–water partition coefficient (Wildman–Crippen LogP) is 5.31. The molecule has 0 aliphatic heterocycles. The molecule has 0 aromatic heterocycles. The predicted molar refractivity (Wildman–Crippen MR) is 99.0 cm³/mol. The van der Waals surface area contributed by atoms with Crippen molar-refractivity contribution in [1.82, 2.24) is 0 Å². The normalized spacial score (nSPS) is 21.6. The molecule has 0 bridgehead atoms. The minimum Gasteiger partial charge on any atom is -0.668 e. The van der Waals surface area contributed by atoms with Gasteiger partial charge in [-0.3, -0.25) is 0 Å². The Morgan fingerprint density at radius 1 is 1.05 bits per heavy atom. The Hall–Kier alpha value is 1.92. The maximum absolute atomic E-state index is 4.35. The summed E-state index contributed by atoms with van der Waals surface area (Å²) in [6.07, 6.45) is 5.72. The first kappa shape index (κ1) is 29.0. The van der Waals surface area contributed by atoms with Crippen LogP contribution >= 0.6 is 30.7 Å². The Morgan fingerprint density at radius 3 is 1.74 bits per heavy atom. The maximum Gasteiger partial charge on any atom is 4.00 e. The number of halogens is 1. The van der Waals surface area contributed by atoms with Crippen molar-refractivity contribution in [3.8, 4) is 0 Å². The molecular formula is C13H31IN3PZr. The van der Waals surface area contributed by atoms with E-state index in [2.05, 4.69) is 45.0 Å². The van der Waals surface area contributed by atoms with Gasteiger partial charge in [-0.1, -0.05) is 35.7 Å². The van der Waals surface area contributed by atoms with E-state index in [1.807, 2.05) is 7.05 Å². The number of nitrogens with zero attached hydrogens (tertiary/aromatic N) is 3. The van der Waals surface area contributed by atoms with Gasteiger partial charge in [0.05, 0.1) is 0 Å². The van der Waals surface area contributed by atoms with E-state index in [-0.39, 0.29) is 41.7 Å². The van der Waals surface area contributed by atoms with Crippen LogP contribution in [-0.4, -0.2) is 52.0 Å². The van der Waals surface area contributed by atoms with Crippen molar-refractivity contribution in [1.29, 1.82) is 0 Å². The second kappa shape index (κ2) is 22.2. The molecule has 0 radical (unpaired) electrons. The van der Waals surface area contributed by atoms with Gasteiger partial charge in [0.25, 0.3) is 0 Å². The third kappa shape index (κ3) is 19.9. The van der Waals surface area contributed by atoms with Crippen molar-refractivity contribution in [3.05, 3.63) is 23.1 Å². The van der Waals surface area contributed by atoms with E-state index in [1.54, 1.807) is 28.2 Å². The summed E-state index contributed by atoms with van der Waals surface area (Å²) in [5.41, 5.74) is 0. The van der Waals surface area contributed by atoms with Crippen LogP contribution in [0, 0.1) is 13.3 Å². The topological polar surface area (TPSA) is 42.3 Å². The molecule has 3 nitrogen and oxygen atoms in total. The zero-order chi connectivity index (χ0) is 13.7. The zero-order valence-electron chi connectivity index (χ0n) is 13.6. The minimum atomic E-state index is 0. The van der Waals surface area contributed by atoms with E-state index in [0.29, 0.717) is 0 Å². The summed E-state index contributed by atoms with van der Waals surface area (Å²) in [5.74, 6) is 0.982. The average Bonchev–Trinajstić information content (AvgIpc) is 2.66. The first-order chi connectivity index (χ1) is 8.06. The molecular weight excluding hydrogens is 447 g/mol. The minimum absolute atomic E-state index is 0. The van der Waals surface area contributed by atoms with Gasteiger partial charge in [-0.05, 0) is 24.9 Å². The fraction of sp³-hybridized carbons (Fsp3) is 0.923. The summed E-state index contributed by atoms with van der Waals surface area (Å²) in [7, 11) is 8.97. The first-order valence-electron chi connectivity index (χ1n) is 5.98. The average molecular weight is 479 g/mol. The van der Waals surface area contributed by atoms with Crippen LogP contribution in [0.4, 0.5) is 0 Å². The Labute approximate surface area is 156 Å². The van der Waals surface area contributed by atoms with Crippen molar-refractivity contribution in [2.24, 2.45) is 5.92 Å². The van der Waals surface area contributed by atoms with Crippen LogP contribution in [0.5, 0.6) is 0 Å². The zero-order valence-corrected chi connectivity index (χ0v) is 19.2. The third-order valence-corrected chi connectivity index (χ3v) is 5.73. The quantitative estimate of drug-likeness (QED) is 0.229. The standard InChI is InChI=1S/C8H16INP.2C2H6N.CH3.Zr/c1-10-11(2)6-7-4-3-5-8(7)9;2*1-3-2;;/h7-8H,3-6H2,1-2H3;2*1-2H3;1H3;/q4*-1;+4/t7-,8?,11?;;;;/m0..../s1. The number of hydrogen-bond donors (Lipinski definition) is 0. The van der Waals surface area contributed by atoms with Gasteiger partial charge in [0.1, 0.15) is 0 Å². The summed E-state index contributed by atoms with van der Waals surface area (Å²) in [5, 5.41) is 11.3. The van der Waals surface area contributed by atoms with Crippen molar-refractivity contribution >= 4 is 30.7 Å². The largest absolute Gasteiger partial charge is 4.00 e. The van der Waals surface area contributed by atoms with Crippen molar-refractivity contribution in [2.45, 2.75) is 23.2 Å². The molecule has 1 rings (SSSR count). The van der Waals surface area contributed by atoms with Gasteiger partial charge in [-0.25, -0.2) is 8.07 Å². The molecule has 0 amide bonds. The van der Waals surface area contributed by atoms with Gasteiger partial charge >= 0.3 is 26.2 Å². The molecule has 19 heavy (non-hydrogen) atoms.